The van der Waals surface area contributed by atoms with Crippen molar-refractivity contribution in [3.8, 4) is 28.6 Å². The Morgan fingerprint density at radius 2 is 1.50 bits per heavy atom. The molecule has 0 bridgehead atoms. The summed E-state index contributed by atoms with van der Waals surface area (Å²) >= 11 is 1.24. The number of carbonyl (C=O) groups excluding carboxylic acids is 1. The van der Waals surface area contributed by atoms with E-state index >= 15 is 0 Å². The van der Waals surface area contributed by atoms with Gasteiger partial charge in [-0.2, -0.15) is 5.26 Å². The Hall–Kier alpha value is -3.24. The molecular weight excluding hydrogens is 418 g/mol. The van der Waals surface area contributed by atoms with Crippen LogP contribution in [0.15, 0.2) is 65.8 Å². The van der Waals surface area contributed by atoms with E-state index in [1.807, 2.05) is 60.7 Å². The molecule has 32 heavy (non-hydrogen) atoms. The zero-order valence-electron chi connectivity index (χ0n) is 17.8. The summed E-state index contributed by atoms with van der Waals surface area (Å²) in [6, 6.07) is 22.0. The number of thioether (sulfide) groups is 1. The van der Waals surface area contributed by atoms with E-state index < -0.39 is 5.54 Å². The third-order valence-corrected chi connectivity index (χ3v) is 6.48. The van der Waals surface area contributed by atoms with Gasteiger partial charge < -0.3 is 5.32 Å². The first-order valence-corrected chi connectivity index (χ1v) is 11.9. The van der Waals surface area contributed by atoms with E-state index in [-0.39, 0.29) is 11.7 Å². The van der Waals surface area contributed by atoms with Gasteiger partial charge in [0.05, 0.1) is 11.8 Å². The third-order valence-electron chi connectivity index (χ3n) is 5.64. The highest BCUT2D eigenvalue weighted by Gasteiger charge is 2.32. The number of carbonyl (C=O) groups is 1. The number of nitriles is 1. The van der Waals surface area contributed by atoms with Crippen LogP contribution in [0.1, 0.15) is 38.5 Å². The molecule has 1 heterocycles. The molecule has 1 N–H and O–H groups in total. The summed E-state index contributed by atoms with van der Waals surface area (Å²) in [6.45, 7) is 0. The van der Waals surface area contributed by atoms with Gasteiger partial charge in [-0.3, -0.25) is 4.79 Å². The van der Waals surface area contributed by atoms with E-state index in [1.165, 1.54) is 11.8 Å². The van der Waals surface area contributed by atoms with Crippen LogP contribution in [0.3, 0.4) is 0 Å². The predicted molar refractivity (Wildman–Crippen MR) is 126 cm³/mol. The van der Waals surface area contributed by atoms with Crippen molar-refractivity contribution >= 4 is 17.7 Å². The minimum atomic E-state index is -0.750. The summed E-state index contributed by atoms with van der Waals surface area (Å²) in [5, 5.41) is 21.8. The van der Waals surface area contributed by atoms with Crippen molar-refractivity contribution in [2.75, 3.05) is 5.75 Å². The molecule has 1 saturated carbocycles. The molecule has 0 saturated heterocycles. The quantitative estimate of drug-likeness (QED) is 0.424. The van der Waals surface area contributed by atoms with Gasteiger partial charge in [-0.1, -0.05) is 98.1 Å². The van der Waals surface area contributed by atoms with Crippen LogP contribution in [0, 0.1) is 11.3 Å². The minimum absolute atomic E-state index is 0.143. The Balaban J connectivity index is 1.52. The Bertz CT molecular complexity index is 1090. The van der Waals surface area contributed by atoms with Gasteiger partial charge in [0.1, 0.15) is 16.9 Å². The predicted octanol–water partition coefficient (Wildman–Crippen LogP) is 5.03. The van der Waals surface area contributed by atoms with E-state index in [0.717, 1.165) is 42.5 Å². The molecular formula is C25H25N5OS. The van der Waals surface area contributed by atoms with Gasteiger partial charge >= 0.3 is 0 Å². The topological polar surface area (TPSA) is 91.6 Å². The van der Waals surface area contributed by atoms with Crippen LogP contribution in [-0.4, -0.2) is 32.4 Å². The monoisotopic (exact) mass is 443 g/mol. The summed E-state index contributed by atoms with van der Waals surface area (Å²) in [7, 11) is 0. The van der Waals surface area contributed by atoms with Crippen molar-refractivity contribution in [2.45, 2.75) is 49.2 Å². The van der Waals surface area contributed by atoms with Crippen molar-refractivity contribution in [3.63, 3.8) is 0 Å². The second kappa shape index (κ2) is 10.4. The van der Waals surface area contributed by atoms with Gasteiger partial charge in [0.2, 0.25) is 11.1 Å². The summed E-state index contributed by atoms with van der Waals surface area (Å²) in [4.78, 5) is 17.4. The maximum absolute atomic E-state index is 12.6. The zero-order chi connectivity index (χ0) is 22.2. The second-order valence-electron chi connectivity index (χ2n) is 7.97. The fourth-order valence-electron chi connectivity index (χ4n) is 3.99. The number of rotatable bonds is 6. The van der Waals surface area contributed by atoms with E-state index in [2.05, 4.69) is 21.6 Å². The second-order valence-corrected chi connectivity index (χ2v) is 8.91. The molecule has 0 unspecified atom stereocenters. The van der Waals surface area contributed by atoms with Crippen LogP contribution in [0.2, 0.25) is 0 Å². The molecule has 0 radical (unpaired) electrons. The van der Waals surface area contributed by atoms with E-state index in [4.69, 9.17) is 4.98 Å². The van der Waals surface area contributed by atoms with Crippen LogP contribution < -0.4 is 5.32 Å². The maximum atomic E-state index is 12.6. The normalized spacial score (nSPS) is 15.3. The lowest BCUT2D eigenvalue weighted by molar-refractivity contribution is -0.120. The van der Waals surface area contributed by atoms with E-state index in [0.29, 0.717) is 23.7 Å². The summed E-state index contributed by atoms with van der Waals surface area (Å²) in [5.74, 6) is -0.0280. The SMILES string of the molecule is N#CC1(NC(=O)CSc2nnc(-c3ccccc3)c(-c3ccccc3)n2)CCCCCC1. The number of benzene rings is 2. The average molecular weight is 444 g/mol. The molecule has 4 rings (SSSR count). The van der Waals surface area contributed by atoms with Gasteiger partial charge in [0, 0.05) is 11.1 Å². The van der Waals surface area contributed by atoms with Crippen molar-refractivity contribution in [3.05, 3.63) is 60.7 Å². The standard InChI is InChI=1S/C25H25N5OS/c26-18-25(15-9-1-2-10-16-25)28-21(31)17-32-24-27-22(19-11-5-3-6-12-19)23(29-30-24)20-13-7-4-8-14-20/h3-8,11-14H,1-2,9-10,15-17H2,(H,28,31). The summed E-state index contributed by atoms with van der Waals surface area (Å²) in [5.41, 5.74) is 2.55. The Morgan fingerprint density at radius 3 is 2.09 bits per heavy atom. The number of nitrogens with one attached hydrogen (secondary N) is 1. The van der Waals surface area contributed by atoms with Crippen molar-refractivity contribution in [2.24, 2.45) is 0 Å². The van der Waals surface area contributed by atoms with Crippen LogP contribution >= 0.6 is 11.8 Å². The number of amides is 1. The number of aromatic nitrogens is 3. The molecule has 1 amide bonds. The fraction of sp³-hybridized carbons (Fsp3) is 0.320. The lowest BCUT2D eigenvalue weighted by atomic mass is 9.92. The van der Waals surface area contributed by atoms with Gasteiger partial charge in [0.25, 0.3) is 0 Å². The highest BCUT2D eigenvalue weighted by Crippen LogP contribution is 2.30. The lowest BCUT2D eigenvalue weighted by Gasteiger charge is -2.26. The molecule has 2 aromatic carbocycles. The molecule has 0 aliphatic heterocycles. The number of nitrogens with zero attached hydrogens (tertiary/aromatic N) is 4. The maximum Gasteiger partial charge on any atom is 0.231 e. The number of hydrogen-bond acceptors (Lipinski definition) is 6. The first-order chi connectivity index (χ1) is 15.7. The smallest absolute Gasteiger partial charge is 0.231 e. The Kier molecular flexibility index (Phi) is 7.13. The first-order valence-electron chi connectivity index (χ1n) is 10.9. The third kappa shape index (κ3) is 5.32. The van der Waals surface area contributed by atoms with Crippen LogP contribution in [0.25, 0.3) is 22.5 Å². The van der Waals surface area contributed by atoms with Crippen molar-refractivity contribution < 1.29 is 4.79 Å². The van der Waals surface area contributed by atoms with Gasteiger partial charge in [0.15, 0.2) is 0 Å². The van der Waals surface area contributed by atoms with Crippen molar-refractivity contribution in [1.29, 1.82) is 5.26 Å². The summed E-state index contributed by atoms with van der Waals surface area (Å²) < 4.78 is 0. The van der Waals surface area contributed by atoms with Gasteiger partial charge in [-0.25, -0.2) is 4.98 Å². The molecule has 162 valence electrons. The first kappa shape index (κ1) is 22.0. The molecule has 0 spiro atoms. The lowest BCUT2D eigenvalue weighted by Crippen LogP contribution is -2.47. The summed E-state index contributed by atoms with van der Waals surface area (Å²) in [6.07, 6.45) is 5.59. The molecule has 0 atom stereocenters. The molecule has 6 nitrogen and oxygen atoms in total. The average Bonchev–Trinajstić information content (AvgIpc) is 3.09. The largest absolute Gasteiger partial charge is 0.337 e. The minimum Gasteiger partial charge on any atom is -0.337 e. The Morgan fingerprint density at radius 1 is 0.906 bits per heavy atom. The number of hydrogen-bond donors (Lipinski definition) is 1. The van der Waals surface area contributed by atoms with E-state index in [1.54, 1.807) is 0 Å². The highest BCUT2D eigenvalue weighted by atomic mass is 32.2. The van der Waals surface area contributed by atoms with Crippen LogP contribution in [-0.2, 0) is 4.79 Å². The van der Waals surface area contributed by atoms with Gasteiger partial charge in [-0.15, -0.1) is 10.2 Å². The fourth-order valence-corrected chi connectivity index (χ4v) is 4.58. The highest BCUT2D eigenvalue weighted by molar-refractivity contribution is 7.99. The molecule has 1 aliphatic rings. The van der Waals surface area contributed by atoms with Crippen molar-refractivity contribution in [1.82, 2.24) is 20.5 Å². The van der Waals surface area contributed by atoms with Gasteiger partial charge in [-0.05, 0) is 12.8 Å². The molecule has 1 aliphatic carbocycles. The molecule has 1 fully saturated rings. The zero-order valence-corrected chi connectivity index (χ0v) is 18.6. The molecule has 3 aromatic rings. The molecule has 1 aromatic heterocycles. The van der Waals surface area contributed by atoms with Crippen LogP contribution in [0.4, 0.5) is 0 Å². The van der Waals surface area contributed by atoms with E-state index in [9.17, 15) is 10.1 Å². The Labute approximate surface area is 192 Å². The van der Waals surface area contributed by atoms with Crippen LogP contribution in [0.5, 0.6) is 0 Å². The molecule has 7 heteroatoms.